The Balaban J connectivity index is 1.80. The van der Waals surface area contributed by atoms with Gasteiger partial charge in [-0.2, -0.15) is 0 Å². The van der Waals surface area contributed by atoms with E-state index in [1.54, 1.807) is 24.4 Å². The molecule has 2 aromatic carbocycles. The van der Waals surface area contributed by atoms with Crippen molar-refractivity contribution in [1.82, 2.24) is 15.0 Å². The van der Waals surface area contributed by atoms with E-state index in [9.17, 15) is 10.0 Å². The van der Waals surface area contributed by atoms with Crippen LogP contribution in [0.1, 0.15) is 15.9 Å². The number of nitrogen functional groups attached to an aromatic ring is 1. The minimum atomic E-state index is -0.482. The van der Waals surface area contributed by atoms with Gasteiger partial charge in [-0.15, -0.1) is 0 Å². The molecule has 1 amide bonds. The fourth-order valence-electron chi connectivity index (χ4n) is 2.28. The third kappa shape index (κ3) is 3.56. The average Bonchev–Trinajstić information content (AvgIpc) is 2.62. The molecular formula is C18H16N4O2. The minimum absolute atomic E-state index is 0.117. The SMILES string of the molecule is Nc1cnc(-c2cccc(C(=O)N(O)Cc3ccccc3)c2)cn1. The topological polar surface area (TPSA) is 92.3 Å². The van der Waals surface area contributed by atoms with Crippen LogP contribution in [-0.4, -0.2) is 26.1 Å². The summed E-state index contributed by atoms with van der Waals surface area (Å²) in [4.78, 5) is 20.6. The van der Waals surface area contributed by atoms with Gasteiger partial charge in [0, 0.05) is 11.1 Å². The first kappa shape index (κ1) is 15.6. The number of hydrogen-bond acceptors (Lipinski definition) is 5. The highest BCUT2D eigenvalue weighted by atomic mass is 16.5. The fourth-order valence-corrected chi connectivity index (χ4v) is 2.28. The van der Waals surface area contributed by atoms with E-state index in [-0.39, 0.29) is 6.54 Å². The molecule has 3 rings (SSSR count). The smallest absolute Gasteiger partial charge is 0.277 e. The number of anilines is 1. The zero-order valence-corrected chi connectivity index (χ0v) is 12.8. The van der Waals surface area contributed by atoms with Crippen molar-refractivity contribution in [3.05, 3.63) is 78.1 Å². The predicted octanol–water partition coefficient (Wildman–Crippen LogP) is 2.76. The molecule has 1 aromatic heterocycles. The van der Waals surface area contributed by atoms with Crippen molar-refractivity contribution in [1.29, 1.82) is 0 Å². The van der Waals surface area contributed by atoms with Gasteiger partial charge < -0.3 is 5.73 Å². The van der Waals surface area contributed by atoms with Gasteiger partial charge >= 0.3 is 0 Å². The molecule has 24 heavy (non-hydrogen) atoms. The normalized spacial score (nSPS) is 10.4. The molecule has 0 bridgehead atoms. The van der Waals surface area contributed by atoms with Crippen LogP contribution in [0.15, 0.2) is 67.0 Å². The lowest BCUT2D eigenvalue weighted by Crippen LogP contribution is -2.26. The van der Waals surface area contributed by atoms with Crippen LogP contribution in [-0.2, 0) is 6.54 Å². The molecule has 0 radical (unpaired) electrons. The van der Waals surface area contributed by atoms with Crippen molar-refractivity contribution in [3.63, 3.8) is 0 Å². The second-order valence-corrected chi connectivity index (χ2v) is 5.26. The van der Waals surface area contributed by atoms with E-state index in [0.717, 1.165) is 11.1 Å². The van der Waals surface area contributed by atoms with E-state index in [2.05, 4.69) is 9.97 Å². The summed E-state index contributed by atoms with van der Waals surface area (Å²) in [5.41, 5.74) is 8.06. The van der Waals surface area contributed by atoms with Gasteiger partial charge in [-0.1, -0.05) is 42.5 Å². The highest BCUT2D eigenvalue weighted by Gasteiger charge is 2.15. The monoisotopic (exact) mass is 320 g/mol. The number of benzene rings is 2. The average molecular weight is 320 g/mol. The summed E-state index contributed by atoms with van der Waals surface area (Å²) in [6.07, 6.45) is 3.00. The quantitative estimate of drug-likeness (QED) is 0.569. The van der Waals surface area contributed by atoms with Crippen molar-refractivity contribution < 1.29 is 10.0 Å². The van der Waals surface area contributed by atoms with E-state index in [4.69, 9.17) is 5.73 Å². The van der Waals surface area contributed by atoms with Crippen molar-refractivity contribution in [2.75, 3.05) is 5.73 Å². The second-order valence-electron chi connectivity index (χ2n) is 5.26. The Bertz CT molecular complexity index is 835. The van der Waals surface area contributed by atoms with Crippen LogP contribution in [0.5, 0.6) is 0 Å². The Morgan fingerprint density at radius 2 is 1.83 bits per heavy atom. The maximum Gasteiger partial charge on any atom is 0.277 e. The van der Waals surface area contributed by atoms with Gasteiger partial charge in [-0.3, -0.25) is 15.0 Å². The number of rotatable bonds is 4. The van der Waals surface area contributed by atoms with Crippen LogP contribution in [0.3, 0.4) is 0 Å². The van der Waals surface area contributed by atoms with E-state index >= 15 is 0 Å². The Morgan fingerprint density at radius 3 is 2.54 bits per heavy atom. The Morgan fingerprint density at radius 1 is 1.04 bits per heavy atom. The van der Waals surface area contributed by atoms with Gasteiger partial charge in [-0.25, -0.2) is 10.0 Å². The molecule has 0 fully saturated rings. The number of nitrogens with two attached hydrogens (primary N) is 1. The molecule has 0 saturated carbocycles. The van der Waals surface area contributed by atoms with Gasteiger partial charge in [0.15, 0.2) is 0 Å². The maximum absolute atomic E-state index is 12.4. The number of carbonyl (C=O) groups excluding carboxylic acids is 1. The molecule has 3 aromatic rings. The summed E-state index contributed by atoms with van der Waals surface area (Å²) < 4.78 is 0. The van der Waals surface area contributed by atoms with Gasteiger partial charge in [0.2, 0.25) is 0 Å². The van der Waals surface area contributed by atoms with Gasteiger partial charge in [0.05, 0.1) is 24.6 Å². The summed E-state index contributed by atoms with van der Waals surface area (Å²) in [5, 5.41) is 10.8. The maximum atomic E-state index is 12.4. The minimum Gasteiger partial charge on any atom is -0.382 e. The molecule has 0 unspecified atom stereocenters. The van der Waals surface area contributed by atoms with E-state index in [1.165, 1.54) is 6.20 Å². The van der Waals surface area contributed by atoms with Gasteiger partial charge in [0.25, 0.3) is 5.91 Å². The van der Waals surface area contributed by atoms with Crippen molar-refractivity contribution in [3.8, 4) is 11.3 Å². The highest BCUT2D eigenvalue weighted by Crippen LogP contribution is 2.19. The number of carbonyl (C=O) groups is 1. The first-order valence-electron chi connectivity index (χ1n) is 7.36. The fraction of sp³-hybridized carbons (Fsp3) is 0.0556. The summed E-state index contributed by atoms with van der Waals surface area (Å²) >= 11 is 0. The first-order chi connectivity index (χ1) is 11.6. The third-order valence-electron chi connectivity index (χ3n) is 3.49. The molecule has 0 saturated heterocycles. The first-order valence-corrected chi connectivity index (χ1v) is 7.36. The summed E-state index contributed by atoms with van der Waals surface area (Å²) in [7, 11) is 0. The molecule has 0 aliphatic heterocycles. The molecule has 0 atom stereocenters. The molecular weight excluding hydrogens is 304 g/mol. The number of amides is 1. The van der Waals surface area contributed by atoms with Crippen LogP contribution in [0.4, 0.5) is 5.82 Å². The van der Waals surface area contributed by atoms with Crippen LogP contribution in [0.2, 0.25) is 0 Å². The molecule has 0 aliphatic carbocycles. The Hall–Kier alpha value is -3.25. The van der Waals surface area contributed by atoms with E-state index < -0.39 is 5.91 Å². The largest absolute Gasteiger partial charge is 0.382 e. The predicted molar refractivity (Wildman–Crippen MR) is 90.0 cm³/mol. The van der Waals surface area contributed by atoms with E-state index in [1.807, 2.05) is 36.4 Å². The number of aromatic nitrogens is 2. The lowest BCUT2D eigenvalue weighted by Gasteiger charge is -2.15. The second kappa shape index (κ2) is 6.89. The van der Waals surface area contributed by atoms with Crippen LogP contribution in [0.25, 0.3) is 11.3 Å². The molecule has 0 spiro atoms. The number of hydrogen-bond donors (Lipinski definition) is 2. The van der Waals surface area contributed by atoms with Crippen LogP contribution in [0, 0.1) is 0 Å². The molecule has 6 heteroatoms. The highest BCUT2D eigenvalue weighted by molar-refractivity contribution is 5.94. The lowest BCUT2D eigenvalue weighted by molar-refractivity contribution is -0.0648. The van der Waals surface area contributed by atoms with E-state index in [0.29, 0.717) is 22.1 Å². The van der Waals surface area contributed by atoms with Crippen LogP contribution >= 0.6 is 0 Å². The Kier molecular flexibility index (Phi) is 4.49. The van der Waals surface area contributed by atoms with Crippen LogP contribution < -0.4 is 5.73 Å². The number of hydroxylamine groups is 2. The summed E-state index contributed by atoms with van der Waals surface area (Å²) in [6.45, 7) is 0.117. The summed E-state index contributed by atoms with van der Waals surface area (Å²) in [6, 6.07) is 16.1. The Labute approximate surface area is 139 Å². The standard InChI is InChI=1S/C18H16N4O2/c19-17-11-20-16(10-21-17)14-7-4-8-15(9-14)18(23)22(24)12-13-5-2-1-3-6-13/h1-11,24H,12H2,(H2,19,21). The third-order valence-corrected chi connectivity index (χ3v) is 3.49. The zero-order valence-electron chi connectivity index (χ0n) is 12.8. The molecule has 0 aliphatic rings. The van der Waals surface area contributed by atoms with Crippen molar-refractivity contribution in [2.24, 2.45) is 0 Å². The van der Waals surface area contributed by atoms with Gasteiger partial charge in [-0.05, 0) is 17.7 Å². The summed E-state index contributed by atoms with van der Waals surface area (Å²) in [5.74, 6) is -0.153. The molecule has 3 N–H and O–H groups in total. The number of nitrogens with zero attached hydrogens (tertiary/aromatic N) is 3. The van der Waals surface area contributed by atoms with Gasteiger partial charge in [0.1, 0.15) is 5.82 Å². The molecule has 1 heterocycles. The lowest BCUT2D eigenvalue weighted by atomic mass is 10.1. The molecule has 120 valence electrons. The van der Waals surface area contributed by atoms with Crippen molar-refractivity contribution >= 4 is 11.7 Å². The van der Waals surface area contributed by atoms with Crippen molar-refractivity contribution in [2.45, 2.75) is 6.54 Å². The zero-order chi connectivity index (χ0) is 16.9. The molecule has 6 nitrogen and oxygen atoms in total.